The summed E-state index contributed by atoms with van der Waals surface area (Å²) in [5.74, 6) is 0.246. The van der Waals surface area contributed by atoms with Gasteiger partial charge >= 0.3 is 5.69 Å². The molecule has 0 radical (unpaired) electrons. The standard InChI is InChI=1S/C16H15N5O4/c1-9-6-12(8-20-15(9)17-10(2)19-20)18-16(22)11-4-5-14(25-3)13(7-11)21(23)24/h4-8H,1-3H3,(H,18,22). The highest BCUT2D eigenvalue weighted by Crippen LogP contribution is 2.28. The maximum atomic E-state index is 12.4. The molecule has 0 spiro atoms. The molecule has 0 bridgehead atoms. The first kappa shape index (κ1) is 16.4. The summed E-state index contributed by atoms with van der Waals surface area (Å²) in [5.41, 5.74) is 1.95. The molecule has 0 aliphatic carbocycles. The minimum atomic E-state index is -0.593. The van der Waals surface area contributed by atoms with Gasteiger partial charge in [-0.3, -0.25) is 14.9 Å². The number of nitrogens with one attached hydrogen (secondary N) is 1. The van der Waals surface area contributed by atoms with Gasteiger partial charge in [-0.1, -0.05) is 0 Å². The number of aromatic nitrogens is 3. The van der Waals surface area contributed by atoms with Gasteiger partial charge in [-0.15, -0.1) is 0 Å². The van der Waals surface area contributed by atoms with Crippen molar-refractivity contribution in [3.05, 3.63) is 57.5 Å². The third-order valence-electron chi connectivity index (χ3n) is 3.62. The van der Waals surface area contributed by atoms with Crippen molar-refractivity contribution in [2.45, 2.75) is 13.8 Å². The normalized spacial score (nSPS) is 10.7. The number of aryl methyl sites for hydroxylation is 2. The Labute approximate surface area is 142 Å². The lowest BCUT2D eigenvalue weighted by Gasteiger charge is -2.08. The van der Waals surface area contributed by atoms with Crippen molar-refractivity contribution in [3.8, 4) is 5.75 Å². The first-order chi connectivity index (χ1) is 11.9. The van der Waals surface area contributed by atoms with Crippen molar-refractivity contribution >= 4 is 22.9 Å². The fourth-order valence-corrected chi connectivity index (χ4v) is 2.50. The third-order valence-corrected chi connectivity index (χ3v) is 3.62. The Morgan fingerprint density at radius 3 is 2.76 bits per heavy atom. The molecular formula is C16H15N5O4. The summed E-state index contributed by atoms with van der Waals surface area (Å²) in [6, 6.07) is 5.80. The first-order valence-electron chi connectivity index (χ1n) is 7.36. The van der Waals surface area contributed by atoms with Crippen LogP contribution in [0.25, 0.3) is 5.65 Å². The molecule has 1 amide bonds. The summed E-state index contributed by atoms with van der Waals surface area (Å²) >= 11 is 0. The number of hydrogen-bond donors (Lipinski definition) is 1. The van der Waals surface area contributed by atoms with Crippen LogP contribution < -0.4 is 10.1 Å². The van der Waals surface area contributed by atoms with Gasteiger partial charge in [-0.25, -0.2) is 9.50 Å². The van der Waals surface area contributed by atoms with E-state index in [4.69, 9.17) is 4.74 Å². The van der Waals surface area contributed by atoms with E-state index in [2.05, 4.69) is 15.4 Å². The molecule has 9 nitrogen and oxygen atoms in total. The molecule has 2 aromatic heterocycles. The second-order valence-electron chi connectivity index (χ2n) is 5.44. The van der Waals surface area contributed by atoms with Gasteiger partial charge in [-0.2, -0.15) is 5.10 Å². The highest BCUT2D eigenvalue weighted by molar-refractivity contribution is 6.04. The van der Waals surface area contributed by atoms with E-state index in [1.54, 1.807) is 23.7 Å². The quantitative estimate of drug-likeness (QED) is 0.576. The lowest BCUT2D eigenvalue weighted by Crippen LogP contribution is -2.13. The zero-order valence-electron chi connectivity index (χ0n) is 13.8. The van der Waals surface area contributed by atoms with Crippen LogP contribution in [0, 0.1) is 24.0 Å². The second kappa shape index (κ2) is 6.19. The lowest BCUT2D eigenvalue weighted by atomic mass is 10.1. The molecular weight excluding hydrogens is 326 g/mol. The van der Waals surface area contributed by atoms with E-state index >= 15 is 0 Å². The number of methoxy groups -OCH3 is 1. The number of nitro groups is 1. The monoisotopic (exact) mass is 341 g/mol. The van der Waals surface area contributed by atoms with Gasteiger partial charge in [0.2, 0.25) is 0 Å². The molecule has 128 valence electrons. The number of hydrogen-bond acceptors (Lipinski definition) is 6. The maximum absolute atomic E-state index is 12.4. The molecule has 1 aromatic carbocycles. The van der Waals surface area contributed by atoms with Gasteiger partial charge in [0.25, 0.3) is 5.91 Å². The number of fused-ring (bicyclic) bond motifs is 1. The largest absolute Gasteiger partial charge is 0.490 e. The van der Waals surface area contributed by atoms with Gasteiger partial charge in [0.1, 0.15) is 5.82 Å². The number of ether oxygens (including phenoxy) is 1. The molecule has 0 atom stereocenters. The molecule has 0 aliphatic heterocycles. The molecule has 2 heterocycles. The molecule has 0 fully saturated rings. The molecule has 0 unspecified atom stereocenters. The lowest BCUT2D eigenvalue weighted by molar-refractivity contribution is -0.385. The molecule has 1 N–H and O–H groups in total. The Morgan fingerprint density at radius 1 is 1.32 bits per heavy atom. The summed E-state index contributed by atoms with van der Waals surface area (Å²) in [5, 5.41) is 18.0. The number of pyridine rings is 1. The first-order valence-corrected chi connectivity index (χ1v) is 7.36. The number of rotatable bonds is 4. The van der Waals surface area contributed by atoms with Crippen LogP contribution in [-0.2, 0) is 0 Å². The van der Waals surface area contributed by atoms with E-state index in [1.807, 2.05) is 6.92 Å². The summed E-state index contributed by atoms with van der Waals surface area (Å²) in [4.78, 5) is 27.2. The molecule has 3 rings (SSSR count). The summed E-state index contributed by atoms with van der Waals surface area (Å²) in [6.07, 6.45) is 1.64. The van der Waals surface area contributed by atoms with Gasteiger partial charge in [0.05, 0.1) is 23.9 Å². The molecule has 3 aromatic rings. The number of benzene rings is 1. The van der Waals surface area contributed by atoms with Crippen LogP contribution >= 0.6 is 0 Å². The molecule has 25 heavy (non-hydrogen) atoms. The van der Waals surface area contributed by atoms with E-state index in [9.17, 15) is 14.9 Å². The average Bonchev–Trinajstić information content (AvgIpc) is 2.95. The SMILES string of the molecule is COc1ccc(C(=O)Nc2cc(C)c3nc(C)nn3c2)cc1[N+](=O)[O-]. The van der Waals surface area contributed by atoms with Gasteiger partial charge in [0.15, 0.2) is 11.4 Å². The molecule has 9 heteroatoms. The van der Waals surface area contributed by atoms with Crippen molar-refractivity contribution in [2.75, 3.05) is 12.4 Å². The molecule has 0 saturated carbocycles. The Bertz CT molecular complexity index is 996. The van der Waals surface area contributed by atoms with Crippen molar-refractivity contribution < 1.29 is 14.5 Å². The van der Waals surface area contributed by atoms with E-state index in [1.165, 1.54) is 25.3 Å². The topological polar surface area (TPSA) is 112 Å². The van der Waals surface area contributed by atoms with E-state index in [0.717, 1.165) is 5.56 Å². The zero-order valence-corrected chi connectivity index (χ0v) is 13.8. The summed E-state index contributed by atoms with van der Waals surface area (Å²) in [7, 11) is 1.33. The minimum absolute atomic E-state index is 0.0944. The number of carbonyl (C=O) groups excluding carboxylic acids is 1. The van der Waals surface area contributed by atoms with Crippen LogP contribution in [-0.4, -0.2) is 32.5 Å². The van der Waals surface area contributed by atoms with Crippen LogP contribution in [0.1, 0.15) is 21.7 Å². The summed E-state index contributed by atoms with van der Waals surface area (Å²) < 4.78 is 6.51. The van der Waals surface area contributed by atoms with Crippen molar-refractivity contribution in [3.63, 3.8) is 0 Å². The van der Waals surface area contributed by atoms with Crippen LogP contribution in [0.3, 0.4) is 0 Å². The van der Waals surface area contributed by atoms with Gasteiger partial charge in [-0.05, 0) is 37.6 Å². The number of nitrogens with zero attached hydrogens (tertiary/aromatic N) is 4. The molecule has 0 aliphatic rings. The van der Waals surface area contributed by atoms with E-state index < -0.39 is 10.8 Å². The van der Waals surface area contributed by atoms with Crippen molar-refractivity contribution in [2.24, 2.45) is 0 Å². The highest BCUT2D eigenvalue weighted by atomic mass is 16.6. The number of amides is 1. The highest BCUT2D eigenvalue weighted by Gasteiger charge is 2.18. The van der Waals surface area contributed by atoms with Crippen LogP contribution in [0.15, 0.2) is 30.5 Å². The predicted molar refractivity (Wildman–Crippen MR) is 90.1 cm³/mol. The van der Waals surface area contributed by atoms with Crippen molar-refractivity contribution in [1.82, 2.24) is 14.6 Å². The van der Waals surface area contributed by atoms with E-state index in [0.29, 0.717) is 17.2 Å². The van der Waals surface area contributed by atoms with Gasteiger partial charge < -0.3 is 10.1 Å². The predicted octanol–water partition coefficient (Wildman–Crippen LogP) is 2.52. The van der Waals surface area contributed by atoms with Crippen LogP contribution in [0.2, 0.25) is 0 Å². The minimum Gasteiger partial charge on any atom is -0.490 e. The van der Waals surface area contributed by atoms with Crippen LogP contribution in [0.4, 0.5) is 11.4 Å². The maximum Gasteiger partial charge on any atom is 0.311 e. The van der Waals surface area contributed by atoms with Gasteiger partial charge in [0, 0.05) is 11.6 Å². The average molecular weight is 341 g/mol. The third kappa shape index (κ3) is 3.11. The smallest absolute Gasteiger partial charge is 0.311 e. The Balaban J connectivity index is 1.92. The summed E-state index contributed by atoms with van der Waals surface area (Å²) in [6.45, 7) is 3.64. The van der Waals surface area contributed by atoms with Crippen molar-refractivity contribution in [1.29, 1.82) is 0 Å². The Kier molecular flexibility index (Phi) is 4.05. The number of nitro benzene ring substituents is 1. The molecule has 0 saturated heterocycles. The van der Waals surface area contributed by atoms with Crippen LogP contribution in [0.5, 0.6) is 5.75 Å². The van der Waals surface area contributed by atoms with E-state index in [-0.39, 0.29) is 17.0 Å². The zero-order chi connectivity index (χ0) is 18.1. The number of anilines is 1. The fraction of sp³-hybridized carbons (Fsp3) is 0.188. The second-order valence-corrected chi connectivity index (χ2v) is 5.44. The Morgan fingerprint density at radius 2 is 2.08 bits per heavy atom. The Hall–Kier alpha value is -3.49. The number of carbonyl (C=O) groups is 1. The fourth-order valence-electron chi connectivity index (χ4n) is 2.50.